The lowest BCUT2D eigenvalue weighted by molar-refractivity contribution is 0.0655. The normalized spacial score (nSPS) is 20.6. The van der Waals surface area contributed by atoms with Crippen molar-refractivity contribution in [3.8, 4) is 11.5 Å². The van der Waals surface area contributed by atoms with E-state index < -0.39 is 6.10 Å². The first-order valence-electron chi connectivity index (χ1n) is 6.56. The zero-order valence-electron chi connectivity index (χ0n) is 11.3. The number of hydrogen-bond acceptors (Lipinski definition) is 3. The molecule has 0 spiro atoms. The minimum atomic E-state index is -0.652. The van der Waals surface area contributed by atoms with Gasteiger partial charge in [0.2, 0.25) is 0 Å². The molecule has 2 aromatic rings. The summed E-state index contributed by atoms with van der Waals surface area (Å²) in [7, 11) is 1.59. The van der Waals surface area contributed by atoms with Crippen LogP contribution in [0.4, 0.5) is 0 Å². The molecule has 21 heavy (non-hydrogen) atoms. The summed E-state index contributed by atoms with van der Waals surface area (Å²) in [6.07, 6.45) is -0.632. The smallest absolute Gasteiger partial charge is 0.129 e. The van der Waals surface area contributed by atoms with Gasteiger partial charge in [-0.3, -0.25) is 0 Å². The number of ether oxygens (including phenoxy) is 2. The van der Waals surface area contributed by atoms with Crippen LogP contribution in [-0.4, -0.2) is 12.2 Å². The molecule has 0 radical (unpaired) electrons. The predicted octanol–water partition coefficient (Wildman–Crippen LogP) is 4.56. The second-order valence-corrected chi connectivity index (χ2v) is 5.71. The lowest BCUT2D eigenvalue weighted by Crippen LogP contribution is -2.19. The van der Waals surface area contributed by atoms with E-state index in [0.29, 0.717) is 39.1 Å². The molecule has 1 aliphatic rings. The Morgan fingerprint density at radius 2 is 1.90 bits per heavy atom. The number of aliphatic hydroxyl groups is 1. The minimum absolute atomic E-state index is 0.373. The fourth-order valence-electron chi connectivity index (χ4n) is 2.55. The van der Waals surface area contributed by atoms with Gasteiger partial charge in [0.25, 0.3) is 0 Å². The first-order chi connectivity index (χ1) is 10.1. The van der Waals surface area contributed by atoms with Crippen LogP contribution in [-0.2, 0) is 0 Å². The fraction of sp³-hybridized carbons (Fsp3) is 0.250. The summed E-state index contributed by atoms with van der Waals surface area (Å²) in [5.41, 5.74) is 1.43. The molecule has 0 amide bonds. The number of rotatable bonds is 2. The van der Waals surface area contributed by atoms with Gasteiger partial charge >= 0.3 is 0 Å². The zero-order chi connectivity index (χ0) is 15.0. The van der Waals surface area contributed by atoms with E-state index in [-0.39, 0.29) is 6.10 Å². The van der Waals surface area contributed by atoms with Crippen molar-refractivity contribution in [1.29, 1.82) is 0 Å². The van der Waals surface area contributed by atoms with Gasteiger partial charge in [0.05, 0.1) is 13.2 Å². The van der Waals surface area contributed by atoms with Crippen molar-refractivity contribution in [2.45, 2.75) is 18.6 Å². The van der Waals surface area contributed by atoms with Crippen molar-refractivity contribution in [1.82, 2.24) is 0 Å². The third kappa shape index (κ3) is 2.69. The minimum Gasteiger partial charge on any atom is -0.497 e. The van der Waals surface area contributed by atoms with E-state index in [1.807, 2.05) is 0 Å². The zero-order valence-corrected chi connectivity index (χ0v) is 12.9. The standard InChI is InChI=1S/C16H14Cl2O3/c1-20-9-5-6-14-10(7-9)13(19)8-15(21-14)16-11(17)3-2-4-12(16)18/h2-7,13,15,19H,8H2,1H3/t13-,15?/m1/s1. The molecule has 2 aromatic carbocycles. The second-order valence-electron chi connectivity index (χ2n) is 4.90. The summed E-state index contributed by atoms with van der Waals surface area (Å²) in [6.45, 7) is 0. The fourth-order valence-corrected chi connectivity index (χ4v) is 3.19. The number of benzene rings is 2. The Labute approximate surface area is 133 Å². The molecule has 0 bridgehead atoms. The first-order valence-corrected chi connectivity index (χ1v) is 7.32. The van der Waals surface area contributed by atoms with Gasteiger partial charge in [-0.15, -0.1) is 0 Å². The highest BCUT2D eigenvalue weighted by Gasteiger charge is 2.30. The van der Waals surface area contributed by atoms with Crippen LogP contribution in [0.15, 0.2) is 36.4 Å². The number of fused-ring (bicyclic) bond motifs is 1. The van der Waals surface area contributed by atoms with Crippen molar-refractivity contribution >= 4 is 23.2 Å². The highest BCUT2D eigenvalue weighted by molar-refractivity contribution is 6.36. The maximum atomic E-state index is 10.4. The van der Waals surface area contributed by atoms with Gasteiger partial charge in [0.15, 0.2) is 0 Å². The predicted molar refractivity (Wildman–Crippen MR) is 82.4 cm³/mol. The van der Waals surface area contributed by atoms with E-state index in [0.717, 1.165) is 0 Å². The topological polar surface area (TPSA) is 38.7 Å². The third-order valence-electron chi connectivity index (χ3n) is 3.60. The first kappa shape index (κ1) is 14.5. The molecule has 1 aliphatic heterocycles. The second kappa shape index (κ2) is 5.76. The summed E-state index contributed by atoms with van der Waals surface area (Å²) >= 11 is 12.4. The van der Waals surface area contributed by atoms with Crippen LogP contribution in [0.3, 0.4) is 0 Å². The lowest BCUT2D eigenvalue weighted by Gasteiger charge is -2.31. The molecular weight excluding hydrogens is 311 g/mol. The van der Waals surface area contributed by atoms with Gasteiger partial charge in [-0.05, 0) is 30.3 Å². The van der Waals surface area contributed by atoms with Crippen LogP contribution < -0.4 is 9.47 Å². The van der Waals surface area contributed by atoms with Crippen molar-refractivity contribution in [3.05, 3.63) is 57.6 Å². The molecule has 110 valence electrons. The molecule has 0 saturated heterocycles. The van der Waals surface area contributed by atoms with E-state index in [2.05, 4.69) is 0 Å². The average molecular weight is 325 g/mol. The van der Waals surface area contributed by atoms with E-state index in [9.17, 15) is 5.11 Å². The summed E-state index contributed by atoms with van der Waals surface area (Å²) in [4.78, 5) is 0. The Morgan fingerprint density at radius 1 is 1.19 bits per heavy atom. The van der Waals surface area contributed by atoms with Crippen molar-refractivity contribution in [2.75, 3.05) is 7.11 Å². The van der Waals surface area contributed by atoms with Gasteiger partial charge in [-0.25, -0.2) is 0 Å². The van der Waals surface area contributed by atoms with Gasteiger partial charge in [0, 0.05) is 27.6 Å². The molecular formula is C16H14Cl2O3. The van der Waals surface area contributed by atoms with Gasteiger partial charge in [-0.2, -0.15) is 0 Å². The highest BCUT2D eigenvalue weighted by Crippen LogP contribution is 2.45. The van der Waals surface area contributed by atoms with E-state index in [1.165, 1.54) is 0 Å². The average Bonchev–Trinajstić information content (AvgIpc) is 2.47. The van der Waals surface area contributed by atoms with Gasteiger partial charge in [0.1, 0.15) is 17.6 Å². The van der Waals surface area contributed by atoms with Crippen molar-refractivity contribution in [3.63, 3.8) is 0 Å². The van der Waals surface area contributed by atoms with Crippen LogP contribution in [0.5, 0.6) is 11.5 Å². The Balaban J connectivity index is 1.99. The van der Waals surface area contributed by atoms with Gasteiger partial charge in [-0.1, -0.05) is 29.3 Å². The van der Waals surface area contributed by atoms with Crippen LogP contribution >= 0.6 is 23.2 Å². The third-order valence-corrected chi connectivity index (χ3v) is 4.26. The van der Waals surface area contributed by atoms with Crippen LogP contribution in [0.2, 0.25) is 10.0 Å². The maximum absolute atomic E-state index is 10.4. The summed E-state index contributed by atoms with van der Waals surface area (Å²) < 4.78 is 11.1. The molecule has 0 fully saturated rings. The monoisotopic (exact) mass is 324 g/mol. The number of halogens is 2. The molecule has 0 aliphatic carbocycles. The largest absolute Gasteiger partial charge is 0.497 e. The van der Waals surface area contributed by atoms with E-state index >= 15 is 0 Å². The quantitative estimate of drug-likeness (QED) is 0.880. The Hall–Kier alpha value is -1.42. The van der Waals surface area contributed by atoms with Crippen LogP contribution in [0.1, 0.15) is 29.8 Å². The molecule has 1 N–H and O–H groups in total. The summed E-state index contributed by atoms with van der Waals surface area (Å²) in [6, 6.07) is 10.7. The van der Waals surface area contributed by atoms with Crippen LogP contribution in [0.25, 0.3) is 0 Å². The van der Waals surface area contributed by atoms with Crippen molar-refractivity contribution < 1.29 is 14.6 Å². The van der Waals surface area contributed by atoms with Gasteiger partial charge < -0.3 is 14.6 Å². The molecule has 0 saturated carbocycles. The molecule has 1 heterocycles. The van der Waals surface area contributed by atoms with E-state index in [1.54, 1.807) is 43.5 Å². The molecule has 0 aromatic heterocycles. The Morgan fingerprint density at radius 3 is 2.57 bits per heavy atom. The molecule has 1 unspecified atom stereocenters. The maximum Gasteiger partial charge on any atom is 0.129 e. The Bertz CT molecular complexity index is 652. The lowest BCUT2D eigenvalue weighted by atomic mass is 9.94. The number of methoxy groups -OCH3 is 1. The Kier molecular flexibility index (Phi) is 3.98. The van der Waals surface area contributed by atoms with Crippen LogP contribution in [0, 0.1) is 0 Å². The number of hydrogen-bond donors (Lipinski definition) is 1. The summed E-state index contributed by atoms with van der Waals surface area (Å²) in [5.74, 6) is 1.31. The SMILES string of the molecule is COc1ccc2c(c1)[C@H](O)CC(c1c(Cl)cccc1Cl)O2. The molecule has 3 nitrogen and oxygen atoms in total. The molecule has 3 rings (SSSR count). The van der Waals surface area contributed by atoms with E-state index in [4.69, 9.17) is 32.7 Å². The molecule has 5 heteroatoms. The number of aliphatic hydroxyl groups excluding tert-OH is 1. The molecule has 2 atom stereocenters. The highest BCUT2D eigenvalue weighted by atomic mass is 35.5. The summed E-state index contributed by atoms with van der Waals surface area (Å²) in [5, 5.41) is 11.5. The van der Waals surface area contributed by atoms with Crippen molar-refractivity contribution in [2.24, 2.45) is 0 Å².